The van der Waals surface area contributed by atoms with Gasteiger partial charge in [-0.25, -0.2) is 0 Å². The number of nitrogens with zero attached hydrogens (tertiary/aromatic N) is 1. The van der Waals surface area contributed by atoms with Crippen LogP contribution in [0.25, 0.3) is 11.6 Å². The van der Waals surface area contributed by atoms with E-state index in [-0.39, 0.29) is 26.4 Å². The minimum Gasteiger partial charge on any atom is -0.491 e. The maximum Gasteiger partial charge on any atom is 0.119 e. The van der Waals surface area contributed by atoms with E-state index in [4.69, 9.17) is 19.7 Å². The molecule has 0 bridgehead atoms. The van der Waals surface area contributed by atoms with E-state index in [0.29, 0.717) is 11.5 Å². The van der Waals surface area contributed by atoms with E-state index in [0.717, 1.165) is 39.3 Å². The van der Waals surface area contributed by atoms with E-state index >= 15 is 0 Å². The van der Waals surface area contributed by atoms with Crippen molar-refractivity contribution < 1.29 is 19.7 Å². The first kappa shape index (κ1) is 29.6. The third-order valence-corrected chi connectivity index (χ3v) is 7.10. The van der Waals surface area contributed by atoms with Crippen LogP contribution in [0.3, 0.4) is 0 Å². The average Bonchev–Trinajstić information content (AvgIpc) is 3.05. The molecule has 0 aliphatic rings. The van der Waals surface area contributed by atoms with Crippen molar-refractivity contribution in [2.24, 2.45) is 0 Å². The molecule has 0 saturated carbocycles. The molecule has 0 aliphatic heterocycles. The maximum atomic E-state index is 9.10. The summed E-state index contributed by atoms with van der Waals surface area (Å²) in [5, 5.41) is 18.2. The summed E-state index contributed by atoms with van der Waals surface area (Å²) in [4.78, 5) is 2.27. The Morgan fingerprint density at radius 1 is 0.535 bits per heavy atom. The molecule has 0 amide bonds. The predicted molar refractivity (Wildman–Crippen MR) is 176 cm³/mol. The van der Waals surface area contributed by atoms with Crippen LogP contribution < -0.4 is 14.4 Å². The minimum atomic E-state index is -0.0289. The minimum absolute atomic E-state index is 0.0289. The van der Waals surface area contributed by atoms with E-state index in [1.165, 1.54) is 11.1 Å². The van der Waals surface area contributed by atoms with Crippen LogP contribution in [-0.4, -0.2) is 36.6 Å². The van der Waals surface area contributed by atoms with Crippen LogP contribution in [0.5, 0.6) is 11.5 Å². The Bertz CT molecular complexity index is 1510. The highest BCUT2D eigenvalue weighted by atomic mass is 16.5. The van der Waals surface area contributed by atoms with Crippen LogP contribution in [0.1, 0.15) is 27.8 Å². The molecule has 0 aromatic heterocycles. The van der Waals surface area contributed by atoms with E-state index in [9.17, 15) is 0 Å². The summed E-state index contributed by atoms with van der Waals surface area (Å²) < 4.78 is 11.2. The molecule has 0 unspecified atom stereocenters. The van der Waals surface area contributed by atoms with Crippen molar-refractivity contribution in [3.05, 3.63) is 149 Å². The quantitative estimate of drug-likeness (QED) is 0.148. The molecule has 0 aliphatic carbocycles. The number of aliphatic hydroxyl groups excluding tert-OH is 2. The number of aryl methyl sites for hydroxylation is 2. The number of benzene rings is 5. The van der Waals surface area contributed by atoms with Crippen LogP contribution in [0, 0.1) is 13.8 Å². The first-order chi connectivity index (χ1) is 21.0. The molecule has 0 atom stereocenters. The fourth-order valence-corrected chi connectivity index (χ4v) is 4.84. The lowest BCUT2D eigenvalue weighted by molar-refractivity contribution is 0.201. The summed E-state index contributed by atoms with van der Waals surface area (Å²) in [6, 6.07) is 41.6. The predicted octanol–water partition coefficient (Wildman–Crippen LogP) is 8.10. The highest BCUT2D eigenvalue weighted by molar-refractivity contribution is 5.92. The third kappa shape index (κ3) is 7.72. The molecule has 0 spiro atoms. The molecule has 2 N–H and O–H groups in total. The van der Waals surface area contributed by atoms with Gasteiger partial charge in [0.2, 0.25) is 0 Å². The second kappa shape index (κ2) is 14.4. The highest BCUT2D eigenvalue weighted by Gasteiger charge is 2.13. The Hall–Kier alpha value is -4.84. The lowest BCUT2D eigenvalue weighted by Crippen LogP contribution is -2.09. The fourth-order valence-electron chi connectivity index (χ4n) is 4.84. The zero-order chi connectivity index (χ0) is 30.0. The molecule has 0 heterocycles. The fraction of sp³-hybridized carbons (Fsp3) is 0.158. The molecule has 5 aromatic carbocycles. The SMILES string of the molecule is Cc1ccc(N(c2ccc(C)cc2)c2ccc(C=C(c3ccc(OCCO)cc3)c3ccc(OCCO)cc3)cc2)cc1. The lowest BCUT2D eigenvalue weighted by Gasteiger charge is -2.26. The molecule has 5 aromatic rings. The molecule has 0 fully saturated rings. The standard InChI is InChI=1S/C38H37NO4/c1-28-3-13-33(14-4-28)39(34-15-5-29(2)6-16-34)35-17-7-30(8-18-35)27-38(31-9-19-36(20-10-31)42-25-23-40)32-11-21-37(22-12-32)43-26-24-41/h3-22,27,40-41H,23-26H2,1-2H3. The molecule has 218 valence electrons. The number of anilines is 3. The topological polar surface area (TPSA) is 62.2 Å². The summed E-state index contributed by atoms with van der Waals surface area (Å²) in [6.45, 7) is 4.66. The maximum absolute atomic E-state index is 9.10. The van der Waals surface area contributed by atoms with Crippen molar-refractivity contribution in [3.63, 3.8) is 0 Å². The number of ether oxygens (including phenoxy) is 2. The summed E-state index contributed by atoms with van der Waals surface area (Å²) >= 11 is 0. The Morgan fingerprint density at radius 3 is 1.28 bits per heavy atom. The number of hydrogen-bond acceptors (Lipinski definition) is 5. The molecular weight excluding hydrogens is 534 g/mol. The Labute approximate surface area is 253 Å². The van der Waals surface area contributed by atoms with Gasteiger partial charge in [0, 0.05) is 17.1 Å². The van der Waals surface area contributed by atoms with E-state index < -0.39 is 0 Å². The summed E-state index contributed by atoms with van der Waals surface area (Å²) in [5.74, 6) is 1.42. The largest absolute Gasteiger partial charge is 0.491 e. The Morgan fingerprint density at radius 2 is 0.907 bits per heavy atom. The van der Waals surface area contributed by atoms with Crippen LogP contribution in [0.4, 0.5) is 17.1 Å². The van der Waals surface area contributed by atoms with E-state index in [1.54, 1.807) is 0 Å². The van der Waals surface area contributed by atoms with Gasteiger partial charge in [-0.2, -0.15) is 0 Å². The molecule has 5 nitrogen and oxygen atoms in total. The number of rotatable bonds is 12. The van der Waals surface area contributed by atoms with Crippen molar-refractivity contribution in [3.8, 4) is 11.5 Å². The molecule has 5 heteroatoms. The van der Waals surface area contributed by atoms with Gasteiger partial charge in [0.1, 0.15) is 24.7 Å². The molecule has 0 saturated heterocycles. The Kier molecular flexibility index (Phi) is 9.90. The zero-order valence-electron chi connectivity index (χ0n) is 24.6. The molecular formula is C38H37NO4. The Balaban J connectivity index is 1.50. The first-order valence-electron chi connectivity index (χ1n) is 14.5. The normalized spacial score (nSPS) is 10.7. The second-order valence-corrected chi connectivity index (χ2v) is 10.3. The van der Waals surface area contributed by atoms with Gasteiger partial charge in [-0.05, 0) is 103 Å². The monoisotopic (exact) mass is 571 g/mol. The molecule has 5 rings (SSSR count). The van der Waals surface area contributed by atoms with Crippen molar-refractivity contribution in [1.82, 2.24) is 0 Å². The van der Waals surface area contributed by atoms with Crippen LogP contribution in [0.15, 0.2) is 121 Å². The van der Waals surface area contributed by atoms with Gasteiger partial charge in [0.25, 0.3) is 0 Å². The van der Waals surface area contributed by atoms with Gasteiger partial charge in [-0.15, -0.1) is 0 Å². The van der Waals surface area contributed by atoms with E-state index in [1.807, 2.05) is 48.5 Å². The van der Waals surface area contributed by atoms with Gasteiger partial charge in [-0.3, -0.25) is 0 Å². The average molecular weight is 572 g/mol. The van der Waals surface area contributed by atoms with Crippen molar-refractivity contribution in [1.29, 1.82) is 0 Å². The summed E-state index contributed by atoms with van der Waals surface area (Å²) in [6.07, 6.45) is 2.18. The van der Waals surface area contributed by atoms with Crippen LogP contribution in [0.2, 0.25) is 0 Å². The van der Waals surface area contributed by atoms with E-state index in [2.05, 4.69) is 97.6 Å². The van der Waals surface area contributed by atoms with Gasteiger partial charge in [-0.1, -0.05) is 71.8 Å². The number of hydrogen-bond donors (Lipinski definition) is 2. The summed E-state index contributed by atoms with van der Waals surface area (Å²) in [7, 11) is 0. The first-order valence-corrected chi connectivity index (χ1v) is 14.5. The van der Waals surface area contributed by atoms with Gasteiger partial charge >= 0.3 is 0 Å². The second-order valence-electron chi connectivity index (χ2n) is 10.3. The van der Waals surface area contributed by atoms with Gasteiger partial charge < -0.3 is 24.6 Å². The van der Waals surface area contributed by atoms with Crippen molar-refractivity contribution in [2.45, 2.75) is 13.8 Å². The van der Waals surface area contributed by atoms with Crippen LogP contribution >= 0.6 is 0 Å². The van der Waals surface area contributed by atoms with Crippen LogP contribution in [-0.2, 0) is 0 Å². The van der Waals surface area contributed by atoms with Gasteiger partial charge in [0.05, 0.1) is 13.2 Å². The van der Waals surface area contributed by atoms with Crippen molar-refractivity contribution in [2.75, 3.05) is 31.3 Å². The summed E-state index contributed by atoms with van der Waals surface area (Å²) in [5.41, 5.74) is 9.90. The lowest BCUT2D eigenvalue weighted by atomic mass is 9.95. The third-order valence-electron chi connectivity index (χ3n) is 7.10. The highest BCUT2D eigenvalue weighted by Crippen LogP contribution is 2.36. The molecule has 43 heavy (non-hydrogen) atoms. The van der Waals surface area contributed by atoms with Crippen molar-refractivity contribution >= 4 is 28.7 Å². The number of aliphatic hydroxyl groups is 2. The molecule has 0 radical (unpaired) electrons. The van der Waals surface area contributed by atoms with Gasteiger partial charge in [0.15, 0.2) is 0 Å². The smallest absolute Gasteiger partial charge is 0.119 e. The zero-order valence-corrected chi connectivity index (χ0v) is 24.6.